The van der Waals surface area contributed by atoms with Gasteiger partial charge in [0.2, 0.25) is 5.91 Å². The van der Waals surface area contributed by atoms with Gasteiger partial charge >= 0.3 is 6.03 Å². The highest BCUT2D eigenvalue weighted by Crippen LogP contribution is 2.31. The van der Waals surface area contributed by atoms with Crippen LogP contribution in [0.1, 0.15) is 38.8 Å². The molecule has 2 aromatic rings. The zero-order valence-electron chi connectivity index (χ0n) is 17.7. The Morgan fingerprint density at radius 2 is 1.80 bits per heavy atom. The minimum Gasteiger partial charge on any atom is -0.490 e. The molecule has 1 aliphatic heterocycles. The number of urea groups is 1. The summed E-state index contributed by atoms with van der Waals surface area (Å²) in [5, 5.41) is 5.71. The third kappa shape index (κ3) is 5.23. The Labute approximate surface area is 177 Å². The summed E-state index contributed by atoms with van der Waals surface area (Å²) < 4.78 is 11.1. The summed E-state index contributed by atoms with van der Waals surface area (Å²) in [4.78, 5) is 26.8. The van der Waals surface area contributed by atoms with Crippen LogP contribution >= 0.6 is 0 Å². The number of nitrogens with zero attached hydrogens (tertiary/aromatic N) is 1. The van der Waals surface area contributed by atoms with Crippen LogP contribution in [-0.4, -0.2) is 42.6 Å². The van der Waals surface area contributed by atoms with Crippen molar-refractivity contribution < 1.29 is 19.1 Å². The van der Waals surface area contributed by atoms with E-state index in [2.05, 4.69) is 10.6 Å². The Kier molecular flexibility index (Phi) is 7.17. The number of hydrogen-bond donors (Lipinski definition) is 2. The molecule has 2 unspecified atom stereocenters. The number of carbonyl (C=O) groups excluding carboxylic acids is 2. The normalized spacial score (nSPS) is 16.8. The van der Waals surface area contributed by atoms with Crippen molar-refractivity contribution in [2.75, 3.05) is 25.1 Å². The minimum atomic E-state index is -0.353. The van der Waals surface area contributed by atoms with Gasteiger partial charge in [0.15, 0.2) is 11.5 Å². The van der Waals surface area contributed by atoms with Crippen LogP contribution in [0.4, 0.5) is 10.5 Å². The Balaban J connectivity index is 1.59. The van der Waals surface area contributed by atoms with Gasteiger partial charge in [-0.2, -0.15) is 0 Å². The van der Waals surface area contributed by atoms with E-state index in [1.807, 2.05) is 56.0 Å². The maximum Gasteiger partial charge on any atom is 0.319 e. The van der Waals surface area contributed by atoms with Crippen LogP contribution in [0, 0.1) is 0 Å². The average Bonchev–Trinajstić information content (AvgIpc) is 3.10. The lowest BCUT2D eigenvalue weighted by Crippen LogP contribution is -2.40. The molecule has 3 amide bonds. The standard InChI is InChI=1S/C23H29N3O4/c1-4-29-20-12-11-18(13-21(20)30-5-2)24-23(28)25-19-14-22(27)26(15-19)16(3)17-9-7-6-8-10-17/h6-13,16,19H,4-5,14-15H2,1-3H3,(H2,24,25,28). The molecule has 3 rings (SSSR count). The Hall–Kier alpha value is -3.22. The highest BCUT2D eigenvalue weighted by atomic mass is 16.5. The molecule has 1 heterocycles. The number of amides is 3. The van der Waals surface area contributed by atoms with Gasteiger partial charge < -0.3 is 25.0 Å². The first-order valence-electron chi connectivity index (χ1n) is 10.3. The van der Waals surface area contributed by atoms with E-state index in [0.29, 0.717) is 36.9 Å². The number of hydrogen-bond acceptors (Lipinski definition) is 4. The first kappa shape index (κ1) is 21.5. The summed E-state index contributed by atoms with van der Waals surface area (Å²) >= 11 is 0. The van der Waals surface area contributed by atoms with Crippen molar-refractivity contribution in [3.63, 3.8) is 0 Å². The van der Waals surface area contributed by atoms with E-state index in [-0.39, 0.29) is 30.4 Å². The molecule has 1 aliphatic rings. The zero-order valence-corrected chi connectivity index (χ0v) is 17.7. The molecule has 2 N–H and O–H groups in total. The van der Waals surface area contributed by atoms with Gasteiger partial charge in [-0.1, -0.05) is 30.3 Å². The molecule has 160 valence electrons. The lowest BCUT2D eigenvalue weighted by molar-refractivity contribution is -0.129. The van der Waals surface area contributed by atoms with E-state index in [1.54, 1.807) is 18.2 Å². The van der Waals surface area contributed by atoms with E-state index in [0.717, 1.165) is 5.56 Å². The molecule has 2 aromatic carbocycles. The Morgan fingerprint density at radius 1 is 1.10 bits per heavy atom. The lowest BCUT2D eigenvalue weighted by atomic mass is 10.1. The van der Waals surface area contributed by atoms with Crippen molar-refractivity contribution in [1.29, 1.82) is 0 Å². The molecular weight excluding hydrogens is 382 g/mol. The molecule has 1 fully saturated rings. The predicted molar refractivity (Wildman–Crippen MR) is 116 cm³/mol. The lowest BCUT2D eigenvalue weighted by Gasteiger charge is -2.25. The fourth-order valence-corrected chi connectivity index (χ4v) is 3.60. The quantitative estimate of drug-likeness (QED) is 0.689. The summed E-state index contributed by atoms with van der Waals surface area (Å²) in [5.74, 6) is 1.25. The summed E-state index contributed by atoms with van der Waals surface area (Å²) in [6, 6.07) is 14.5. The number of anilines is 1. The van der Waals surface area contributed by atoms with Crippen LogP contribution in [-0.2, 0) is 4.79 Å². The summed E-state index contributed by atoms with van der Waals surface area (Å²) in [5.41, 5.74) is 1.67. The van der Waals surface area contributed by atoms with Gasteiger partial charge in [-0.3, -0.25) is 4.79 Å². The average molecular weight is 412 g/mol. The van der Waals surface area contributed by atoms with Crippen LogP contribution < -0.4 is 20.1 Å². The summed E-state index contributed by atoms with van der Waals surface area (Å²) in [6.07, 6.45) is 0.290. The van der Waals surface area contributed by atoms with E-state index >= 15 is 0 Å². The van der Waals surface area contributed by atoms with Crippen LogP contribution in [0.2, 0.25) is 0 Å². The van der Waals surface area contributed by atoms with Gasteiger partial charge in [0.05, 0.1) is 25.3 Å². The van der Waals surface area contributed by atoms with Gasteiger partial charge in [-0.15, -0.1) is 0 Å². The van der Waals surface area contributed by atoms with E-state index in [4.69, 9.17) is 9.47 Å². The van der Waals surface area contributed by atoms with Crippen molar-refractivity contribution in [3.8, 4) is 11.5 Å². The maximum atomic E-state index is 12.5. The molecule has 0 saturated carbocycles. The molecule has 0 aliphatic carbocycles. The predicted octanol–water partition coefficient (Wildman–Crippen LogP) is 3.97. The monoisotopic (exact) mass is 411 g/mol. The molecule has 0 aromatic heterocycles. The van der Waals surface area contributed by atoms with E-state index < -0.39 is 0 Å². The molecule has 0 bridgehead atoms. The summed E-state index contributed by atoms with van der Waals surface area (Å²) in [7, 11) is 0. The summed E-state index contributed by atoms with van der Waals surface area (Å²) in [6.45, 7) is 7.30. The first-order chi connectivity index (χ1) is 14.5. The van der Waals surface area contributed by atoms with Gasteiger partial charge in [0.25, 0.3) is 0 Å². The number of carbonyl (C=O) groups is 2. The molecule has 0 spiro atoms. The molecular formula is C23H29N3O4. The second-order valence-corrected chi connectivity index (χ2v) is 7.16. The van der Waals surface area contributed by atoms with Crippen molar-refractivity contribution in [2.24, 2.45) is 0 Å². The third-order valence-electron chi connectivity index (χ3n) is 5.04. The Morgan fingerprint density at radius 3 is 2.50 bits per heavy atom. The third-order valence-corrected chi connectivity index (χ3v) is 5.04. The number of nitrogens with one attached hydrogen (secondary N) is 2. The van der Waals surface area contributed by atoms with Crippen LogP contribution in [0.5, 0.6) is 11.5 Å². The van der Waals surface area contributed by atoms with Crippen LogP contribution in [0.25, 0.3) is 0 Å². The Bertz CT molecular complexity index is 872. The maximum absolute atomic E-state index is 12.5. The SMILES string of the molecule is CCOc1ccc(NC(=O)NC2CC(=O)N(C(C)c3ccccc3)C2)cc1OCC. The molecule has 7 nitrogen and oxygen atoms in total. The highest BCUT2D eigenvalue weighted by Gasteiger charge is 2.34. The number of benzene rings is 2. The van der Waals surface area contributed by atoms with Crippen molar-refractivity contribution >= 4 is 17.6 Å². The fraction of sp³-hybridized carbons (Fsp3) is 0.391. The number of likely N-dealkylation sites (tertiary alicyclic amines) is 1. The second-order valence-electron chi connectivity index (χ2n) is 7.16. The molecule has 7 heteroatoms. The highest BCUT2D eigenvalue weighted by molar-refractivity contribution is 5.91. The molecule has 30 heavy (non-hydrogen) atoms. The topological polar surface area (TPSA) is 79.9 Å². The zero-order chi connectivity index (χ0) is 21.5. The largest absolute Gasteiger partial charge is 0.490 e. The molecule has 2 atom stereocenters. The van der Waals surface area contributed by atoms with Gasteiger partial charge in [-0.25, -0.2) is 4.79 Å². The second kappa shape index (κ2) is 10.0. The van der Waals surface area contributed by atoms with Crippen LogP contribution in [0.15, 0.2) is 48.5 Å². The van der Waals surface area contributed by atoms with Crippen molar-refractivity contribution in [3.05, 3.63) is 54.1 Å². The number of ether oxygens (including phenoxy) is 2. The van der Waals surface area contributed by atoms with E-state index in [1.165, 1.54) is 0 Å². The molecule has 1 saturated heterocycles. The smallest absolute Gasteiger partial charge is 0.319 e. The van der Waals surface area contributed by atoms with E-state index in [9.17, 15) is 9.59 Å². The number of rotatable bonds is 8. The van der Waals surface area contributed by atoms with Gasteiger partial charge in [-0.05, 0) is 38.5 Å². The molecule has 0 radical (unpaired) electrons. The van der Waals surface area contributed by atoms with Crippen molar-refractivity contribution in [2.45, 2.75) is 39.3 Å². The van der Waals surface area contributed by atoms with Gasteiger partial charge in [0, 0.05) is 24.7 Å². The first-order valence-corrected chi connectivity index (χ1v) is 10.3. The fourth-order valence-electron chi connectivity index (χ4n) is 3.60. The van der Waals surface area contributed by atoms with Gasteiger partial charge in [0.1, 0.15) is 0 Å². The van der Waals surface area contributed by atoms with Crippen LogP contribution in [0.3, 0.4) is 0 Å². The minimum absolute atomic E-state index is 0.0339. The van der Waals surface area contributed by atoms with Crippen molar-refractivity contribution in [1.82, 2.24) is 10.2 Å².